The summed E-state index contributed by atoms with van der Waals surface area (Å²) in [7, 11) is 0. The second-order valence-electron chi connectivity index (χ2n) is 6.35. The minimum Gasteiger partial charge on any atom is -0.493 e. The average Bonchev–Trinajstić information content (AvgIpc) is 3.27. The van der Waals surface area contributed by atoms with Gasteiger partial charge in [-0.1, -0.05) is 12.1 Å². The van der Waals surface area contributed by atoms with E-state index in [0.29, 0.717) is 12.1 Å². The average molecular weight is 311 g/mol. The number of hydrogen-bond acceptors (Lipinski definition) is 3. The Morgan fingerprint density at radius 3 is 2.57 bits per heavy atom. The van der Waals surface area contributed by atoms with E-state index in [9.17, 15) is 0 Å². The van der Waals surface area contributed by atoms with Gasteiger partial charge in [0.25, 0.3) is 0 Å². The quantitative estimate of drug-likeness (QED) is 0.904. The summed E-state index contributed by atoms with van der Waals surface area (Å²) in [6.07, 6.45) is 2.69. The Balaban J connectivity index is 0.00000161. The molecule has 0 aromatic heterocycles. The molecule has 1 aliphatic carbocycles. The summed E-state index contributed by atoms with van der Waals surface area (Å²) in [4.78, 5) is 2.56. The first-order chi connectivity index (χ1) is 9.72. The van der Waals surface area contributed by atoms with E-state index in [1.54, 1.807) is 0 Å². The maximum atomic E-state index is 5.79. The SMILES string of the molecule is CC1NCCN(Cc2ccc(OCC3CC3)cc2)C1C.Cl. The van der Waals surface area contributed by atoms with Crippen LogP contribution in [0.1, 0.15) is 32.3 Å². The molecular formula is C17H27ClN2O. The molecule has 1 heterocycles. The second kappa shape index (κ2) is 7.48. The van der Waals surface area contributed by atoms with Gasteiger partial charge in [0.1, 0.15) is 5.75 Å². The van der Waals surface area contributed by atoms with E-state index in [0.717, 1.165) is 37.9 Å². The molecule has 118 valence electrons. The van der Waals surface area contributed by atoms with E-state index in [4.69, 9.17) is 4.74 Å². The molecule has 0 bridgehead atoms. The predicted octanol–water partition coefficient (Wildman–Crippen LogP) is 3.08. The first-order valence-electron chi connectivity index (χ1n) is 7.91. The molecule has 3 rings (SSSR count). The van der Waals surface area contributed by atoms with Crippen LogP contribution in [-0.4, -0.2) is 36.7 Å². The number of halogens is 1. The zero-order valence-electron chi connectivity index (χ0n) is 13.0. The second-order valence-corrected chi connectivity index (χ2v) is 6.35. The smallest absolute Gasteiger partial charge is 0.119 e. The van der Waals surface area contributed by atoms with Crippen LogP contribution >= 0.6 is 12.4 Å². The van der Waals surface area contributed by atoms with Gasteiger partial charge in [0, 0.05) is 31.7 Å². The Morgan fingerprint density at radius 1 is 1.19 bits per heavy atom. The van der Waals surface area contributed by atoms with Gasteiger partial charge in [0.15, 0.2) is 0 Å². The van der Waals surface area contributed by atoms with Crippen molar-refractivity contribution in [1.29, 1.82) is 0 Å². The Labute approximate surface area is 134 Å². The molecule has 1 aromatic rings. The van der Waals surface area contributed by atoms with E-state index < -0.39 is 0 Å². The van der Waals surface area contributed by atoms with Gasteiger partial charge in [-0.2, -0.15) is 0 Å². The largest absolute Gasteiger partial charge is 0.493 e. The van der Waals surface area contributed by atoms with Crippen molar-refractivity contribution in [1.82, 2.24) is 10.2 Å². The van der Waals surface area contributed by atoms with E-state index in [-0.39, 0.29) is 12.4 Å². The summed E-state index contributed by atoms with van der Waals surface area (Å²) < 4.78 is 5.79. The van der Waals surface area contributed by atoms with Crippen LogP contribution in [-0.2, 0) is 6.54 Å². The molecule has 0 radical (unpaired) electrons. The molecule has 1 N–H and O–H groups in total. The highest BCUT2D eigenvalue weighted by atomic mass is 35.5. The fourth-order valence-corrected chi connectivity index (χ4v) is 2.77. The lowest BCUT2D eigenvalue weighted by atomic mass is 10.1. The molecule has 1 saturated carbocycles. The number of nitrogens with zero attached hydrogens (tertiary/aromatic N) is 1. The maximum absolute atomic E-state index is 5.79. The third-order valence-electron chi connectivity index (χ3n) is 4.66. The highest BCUT2D eigenvalue weighted by Gasteiger charge is 2.24. The van der Waals surface area contributed by atoms with Crippen LogP contribution in [0, 0.1) is 5.92 Å². The van der Waals surface area contributed by atoms with Crippen molar-refractivity contribution in [3.8, 4) is 5.75 Å². The van der Waals surface area contributed by atoms with Crippen LogP contribution in [0.2, 0.25) is 0 Å². The van der Waals surface area contributed by atoms with Crippen molar-refractivity contribution in [3.63, 3.8) is 0 Å². The molecule has 4 heteroatoms. The van der Waals surface area contributed by atoms with Crippen LogP contribution in [0.5, 0.6) is 5.75 Å². The first-order valence-corrected chi connectivity index (χ1v) is 7.91. The van der Waals surface area contributed by atoms with Gasteiger partial charge in [-0.15, -0.1) is 12.4 Å². The molecule has 2 unspecified atom stereocenters. The number of benzene rings is 1. The molecule has 0 amide bonds. The Bertz CT molecular complexity index is 433. The maximum Gasteiger partial charge on any atom is 0.119 e. The monoisotopic (exact) mass is 310 g/mol. The number of nitrogens with one attached hydrogen (secondary N) is 1. The Kier molecular flexibility index (Phi) is 5.91. The molecule has 2 aliphatic rings. The van der Waals surface area contributed by atoms with Crippen molar-refractivity contribution in [2.75, 3.05) is 19.7 Å². The van der Waals surface area contributed by atoms with Crippen molar-refractivity contribution in [2.45, 2.75) is 45.3 Å². The molecule has 21 heavy (non-hydrogen) atoms. The Hall–Kier alpha value is -0.770. The first kappa shape index (κ1) is 16.6. The fraction of sp³-hybridized carbons (Fsp3) is 0.647. The molecule has 2 atom stereocenters. The van der Waals surface area contributed by atoms with Gasteiger partial charge < -0.3 is 10.1 Å². The summed E-state index contributed by atoms with van der Waals surface area (Å²) in [6, 6.07) is 9.82. The molecule has 2 fully saturated rings. The van der Waals surface area contributed by atoms with Crippen LogP contribution in [0.25, 0.3) is 0 Å². The van der Waals surface area contributed by atoms with E-state index >= 15 is 0 Å². The molecular weight excluding hydrogens is 284 g/mol. The highest BCUT2D eigenvalue weighted by molar-refractivity contribution is 5.85. The molecule has 0 spiro atoms. The lowest BCUT2D eigenvalue weighted by Crippen LogP contribution is -2.54. The summed E-state index contributed by atoms with van der Waals surface area (Å²) in [5, 5.41) is 3.53. The topological polar surface area (TPSA) is 24.5 Å². The number of ether oxygens (including phenoxy) is 1. The minimum atomic E-state index is 0. The number of hydrogen-bond donors (Lipinski definition) is 1. The van der Waals surface area contributed by atoms with Gasteiger partial charge in [-0.25, -0.2) is 0 Å². The van der Waals surface area contributed by atoms with Crippen LogP contribution < -0.4 is 10.1 Å². The van der Waals surface area contributed by atoms with Crippen molar-refractivity contribution >= 4 is 12.4 Å². The predicted molar refractivity (Wildman–Crippen MR) is 89.2 cm³/mol. The van der Waals surface area contributed by atoms with Gasteiger partial charge in [0.2, 0.25) is 0 Å². The lowest BCUT2D eigenvalue weighted by molar-refractivity contribution is 0.131. The van der Waals surface area contributed by atoms with Crippen LogP contribution in [0.3, 0.4) is 0 Å². The summed E-state index contributed by atoms with van der Waals surface area (Å²) in [5.74, 6) is 1.83. The molecule has 1 aliphatic heterocycles. The zero-order valence-corrected chi connectivity index (χ0v) is 13.9. The van der Waals surface area contributed by atoms with E-state index in [1.807, 2.05) is 0 Å². The number of piperazine rings is 1. The summed E-state index contributed by atoms with van der Waals surface area (Å²) >= 11 is 0. The fourth-order valence-electron chi connectivity index (χ4n) is 2.77. The summed E-state index contributed by atoms with van der Waals surface area (Å²) in [5.41, 5.74) is 1.38. The number of rotatable bonds is 5. The van der Waals surface area contributed by atoms with Crippen LogP contribution in [0.15, 0.2) is 24.3 Å². The van der Waals surface area contributed by atoms with Crippen molar-refractivity contribution in [2.24, 2.45) is 5.92 Å². The zero-order chi connectivity index (χ0) is 13.9. The van der Waals surface area contributed by atoms with Gasteiger partial charge in [0.05, 0.1) is 6.61 Å². The van der Waals surface area contributed by atoms with Gasteiger partial charge in [-0.3, -0.25) is 4.90 Å². The third-order valence-corrected chi connectivity index (χ3v) is 4.66. The van der Waals surface area contributed by atoms with Crippen LogP contribution in [0.4, 0.5) is 0 Å². The van der Waals surface area contributed by atoms with Crippen molar-refractivity contribution in [3.05, 3.63) is 29.8 Å². The normalized spacial score (nSPS) is 26.2. The molecule has 3 nitrogen and oxygen atoms in total. The van der Waals surface area contributed by atoms with Gasteiger partial charge in [-0.05, 0) is 50.3 Å². The molecule has 1 saturated heterocycles. The Morgan fingerprint density at radius 2 is 1.90 bits per heavy atom. The standard InChI is InChI=1S/C17H26N2O.ClH/c1-13-14(2)19(10-9-18-13)11-15-5-7-17(8-6-15)20-12-16-3-4-16;/h5-8,13-14,16,18H,3-4,9-12H2,1-2H3;1H. The third kappa shape index (κ3) is 4.60. The van der Waals surface area contributed by atoms with E-state index in [1.165, 1.54) is 18.4 Å². The highest BCUT2D eigenvalue weighted by Crippen LogP contribution is 2.29. The molecule has 1 aromatic carbocycles. The van der Waals surface area contributed by atoms with Crippen molar-refractivity contribution < 1.29 is 4.74 Å². The summed E-state index contributed by atoms with van der Waals surface area (Å²) in [6.45, 7) is 8.73. The minimum absolute atomic E-state index is 0. The lowest BCUT2D eigenvalue weighted by Gasteiger charge is -2.38. The van der Waals surface area contributed by atoms with Gasteiger partial charge >= 0.3 is 0 Å². The van der Waals surface area contributed by atoms with E-state index in [2.05, 4.69) is 48.3 Å².